The molecule has 0 fully saturated rings. The standard InChI is InChI=1S/C16H17N3O/c1-19(13-6-4-5-12(9-13)10-17)11-16(20)14-7-2-3-8-15(14)18/h2-9,16,20H,11,18H2,1H3. The number of benzene rings is 2. The first-order chi connectivity index (χ1) is 9.61. The Hall–Kier alpha value is -2.51. The molecular formula is C16H17N3O. The van der Waals surface area contributed by atoms with Crippen molar-refractivity contribution in [3.05, 3.63) is 59.7 Å². The van der Waals surface area contributed by atoms with Crippen LogP contribution in [0.4, 0.5) is 11.4 Å². The van der Waals surface area contributed by atoms with Gasteiger partial charge in [-0.05, 0) is 24.3 Å². The van der Waals surface area contributed by atoms with Crippen LogP contribution in [-0.2, 0) is 0 Å². The summed E-state index contributed by atoms with van der Waals surface area (Å²) in [6.07, 6.45) is -0.674. The summed E-state index contributed by atoms with van der Waals surface area (Å²) in [5.74, 6) is 0. The van der Waals surface area contributed by atoms with E-state index in [1.54, 1.807) is 18.2 Å². The molecule has 0 aliphatic heterocycles. The third kappa shape index (κ3) is 3.08. The van der Waals surface area contributed by atoms with E-state index in [1.165, 1.54) is 0 Å². The molecule has 4 heteroatoms. The summed E-state index contributed by atoms with van der Waals surface area (Å²) in [5.41, 5.74) is 8.65. The summed E-state index contributed by atoms with van der Waals surface area (Å²) in [7, 11) is 1.87. The van der Waals surface area contributed by atoms with E-state index < -0.39 is 6.10 Å². The van der Waals surface area contributed by atoms with Gasteiger partial charge in [-0.2, -0.15) is 5.26 Å². The van der Waals surface area contributed by atoms with E-state index in [-0.39, 0.29) is 0 Å². The Morgan fingerprint density at radius 1 is 1.25 bits per heavy atom. The maximum absolute atomic E-state index is 10.3. The maximum Gasteiger partial charge on any atom is 0.0992 e. The quantitative estimate of drug-likeness (QED) is 0.834. The summed E-state index contributed by atoms with van der Waals surface area (Å²) in [6.45, 7) is 0.406. The number of nitrogens with zero attached hydrogens (tertiary/aromatic N) is 2. The van der Waals surface area contributed by atoms with Gasteiger partial charge in [-0.1, -0.05) is 24.3 Å². The van der Waals surface area contributed by atoms with Gasteiger partial charge < -0.3 is 15.7 Å². The molecule has 2 aromatic carbocycles. The average molecular weight is 267 g/mol. The number of para-hydroxylation sites is 1. The lowest BCUT2D eigenvalue weighted by Crippen LogP contribution is -2.24. The molecule has 2 aromatic rings. The van der Waals surface area contributed by atoms with Crippen LogP contribution in [0.3, 0.4) is 0 Å². The molecule has 3 N–H and O–H groups in total. The minimum absolute atomic E-state index is 0.406. The predicted molar refractivity (Wildman–Crippen MR) is 80.2 cm³/mol. The molecule has 0 radical (unpaired) electrons. The molecule has 4 nitrogen and oxygen atoms in total. The Morgan fingerprint density at radius 2 is 2.00 bits per heavy atom. The van der Waals surface area contributed by atoms with Crippen molar-refractivity contribution in [2.75, 3.05) is 24.2 Å². The predicted octanol–water partition coefficient (Wildman–Crippen LogP) is 2.31. The zero-order chi connectivity index (χ0) is 14.5. The number of nitriles is 1. The molecule has 0 spiro atoms. The summed E-state index contributed by atoms with van der Waals surface area (Å²) < 4.78 is 0. The fourth-order valence-electron chi connectivity index (χ4n) is 2.09. The summed E-state index contributed by atoms with van der Waals surface area (Å²) in [6, 6.07) is 16.7. The van der Waals surface area contributed by atoms with E-state index in [2.05, 4.69) is 6.07 Å². The largest absolute Gasteiger partial charge is 0.398 e. The van der Waals surface area contributed by atoms with Crippen molar-refractivity contribution in [2.45, 2.75) is 6.10 Å². The van der Waals surface area contributed by atoms with Crippen LogP contribution in [-0.4, -0.2) is 18.7 Å². The lowest BCUT2D eigenvalue weighted by Gasteiger charge is -2.23. The second-order valence-electron chi connectivity index (χ2n) is 4.69. The van der Waals surface area contributed by atoms with E-state index >= 15 is 0 Å². The van der Waals surface area contributed by atoms with Gasteiger partial charge in [-0.25, -0.2) is 0 Å². The number of aliphatic hydroxyl groups is 1. The van der Waals surface area contributed by atoms with Gasteiger partial charge in [0, 0.05) is 30.5 Å². The number of nitrogens with two attached hydrogens (primary N) is 1. The van der Waals surface area contributed by atoms with Crippen LogP contribution in [0.25, 0.3) is 0 Å². The first-order valence-electron chi connectivity index (χ1n) is 6.35. The number of aliphatic hydroxyl groups excluding tert-OH is 1. The summed E-state index contributed by atoms with van der Waals surface area (Å²) >= 11 is 0. The van der Waals surface area contributed by atoms with E-state index in [1.807, 2.05) is 42.3 Å². The molecule has 0 saturated heterocycles. The van der Waals surface area contributed by atoms with Crippen molar-refractivity contribution in [1.29, 1.82) is 5.26 Å². The second-order valence-corrected chi connectivity index (χ2v) is 4.69. The maximum atomic E-state index is 10.3. The van der Waals surface area contributed by atoms with E-state index in [4.69, 9.17) is 11.0 Å². The zero-order valence-corrected chi connectivity index (χ0v) is 11.3. The lowest BCUT2D eigenvalue weighted by molar-refractivity contribution is 0.186. The number of anilines is 2. The molecule has 102 valence electrons. The van der Waals surface area contributed by atoms with Crippen molar-refractivity contribution in [3.63, 3.8) is 0 Å². The number of hydrogen-bond acceptors (Lipinski definition) is 4. The van der Waals surface area contributed by atoms with E-state index in [9.17, 15) is 5.11 Å². The smallest absolute Gasteiger partial charge is 0.0992 e. The van der Waals surface area contributed by atoms with Gasteiger partial charge in [0.25, 0.3) is 0 Å². The number of likely N-dealkylation sites (N-methyl/N-ethyl adjacent to an activating group) is 1. The van der Waals surface area contributed by atoms with Gasteiger partial charge in [0.2, 0.25) is 0 Å². The van der Waals surface area contributed by atoms with Crippen LogP contribution < -0.4 is 10.6 Å². The fraction of sp³-hybridized carbons (Fsp3) is 0.188. The van der Waals surface area contributed by atoms with Gasteiger partial charge >= 0.3 is 0 Å². The Kier molecular flexibility index (Phi) is 4.24. The summed E-state index contributed by atoms with van der Waals surface area (Å²) in [5, 5.41) is 19.2. The number of nitrogen functional groups attached to an aromatic ring is 1. The zero-order valence-electron chi connectivity index (χ0n) is 11.3. The minimum atomic E-state index is -0.674. The highest BCUT2D eigenvalue weighted by Crippen LogP contribution is 2.23. The molecule has 20 heavy (non-hydrogen) atoms. The highest BCUT2D eigenvalue weighted by molar-refractivity contribution is 5.52. The van der Waals surface area contributed by atoms with Gasteiger partial charge in [0.1, 0.15) is 0 Å². The molecule has 1 atom stereocenters. The second kappa shape index (κ2) is 6.09. The Morgan fingerprint density at radius 3 is 2.70 bits per heavy atom. The van der Waals surface area contributed by atoms with Crippen LogP contribution in [0.5, 0.6) is 0 Å². The molecule has 1 unspecified atom stereocenters. The molecule has 0 aliphatic carbocycles. The molecule has 2 rings (SSSR count). The molecule has 0 bridgehead atoms. The topological polar surface area (TPSA) is 73.3 Å². The third-order valence-electron chi connectivity index (χ3n) is 3.22. The van der Waals surface area contributed by atoms with Crippen LogP contribution in [0.1, 0.15) is 17.2 Å². The van der Waals surface area contributed by atoms with Crippen molar-refractivity contribution >= 4 is 11.4 Å². The molecule has 0 heterocycles. The normalized spacial score (nSPS) is 11.7. The van der Waals surface area contributed by atoms with Crippen LogP contribution in [0, 0.1) is 11.3 Å². The van der Waals surface area contributed by atoms with Gasteiger partial charge in [0.15, 0.2) is 0 Å². The van der Waals surface area contributed by atoms with Crippen molar-refractivity contribution in [3.8, 4) is 6.07 Å². The summed E-state index contributed by atoms with van der Waals surface area (Å²) in [4.78, 5) is 1.90. The Bertz CT molecular complexity index is 634. The first kappa shape index (κ1) is 13.9. The minimum Gasteiger partial charge on any atom is -0.398 e. The fourth-order valence-corrected chi connectivity index (χ4v) is 2.09. The van der Waals surface area contributed by atoms with Crippen LogP contribution in [0.2, 0.25) is 0 Å². The van der Waals surface area contributed by atoms with Crippen molar-refractivity contribution < 1.29 is 5.11 Å². The molecular weight excluding hydrogens is 250 g/mol. The highest BCUT2D eigenvalue weighted by atomic mass is 16.3. The molecule has 0 aliphatic rings. The Balaban J connectivity index is 2.13. The highest BCUT2D eigenvalue weighted by Gasteiger charge is 2.13. The monoisotopic (exact) mass is 267 g/mol. The molecule has 0 aromatic heterocycles. The lowest BCUT2D eigenvalue weighted by atomic mass is 10.1. The number of rotatable bonds is 4. The van der Waals surface area contributed by atoms with E-state index in [0.29, 0.717) is 17.8 Å². The first-order valence-corrected chi connectivity index (χ1v) is 6.35. The van der Waals surface area contributed by atoms with Gasteiger partial charge in [0.05, 0.1) is 17.7 Å². The van der Waals surface area contributed by atoms with Gasteiger partial charge in [-0.3, -0.25) is 0 Å². The number of hydrogen-bond donors (Lipinski definition) is 2. The van der Waals surface area contributed by atoms with Gasteiger partial charge in [-0.15, -0.1) is 0 Å². The third-order valence-corrected chi connectivity index (χ3v) is 3.22. The van der Waals surface area contributed by atoms with Crippen LogP contribution in [0.15, 0.2) is 48.5 Å². The van der Waals surface area contributed by atoms with Crippen LogP contribution >= 0.6 is 0 Å². The van der Waals surface area contributed by atoms with E-state index in [0.717, 1.165) is 11.3 Å². The Labute approximate surface area is 118 Å². The average Bonchev–Trinajstić information content (AvgIpc) is 2.47. The SMILES string of the molecule is CN(CC(O)c1ccccc1N)c1cccc(C#N)c1. The molecule has 0 amide bonds. The molecule has 0 saturated carbocycles. The van der Waals surface area contributed by atoms with Crippen molar-refractivity contribution in [2.24, 2.45) is 0 Å². The van der Waals surface area contributed by atoms with Crippen molar-refractivity contribution in [1.82, 2.24) is 0 Å².